The molecule has 0 spiro atoms. The largest absolute Gasteiger partial charge is 0.451 e. The maximum Gasteiger partial charge on any atom is 0.329 e. The second-order valence-electron chi connectivity index (χ2n) is 5.60. The molecule has 27 heavy (non-hydrogen) atoms. The van der Waals surface area contributed by atoms with E-state index in [0.29, 0.717) is 0 Å². The Morgan fingerprint density at radius 2 is 1.81 bits per heavy atom. The number of rotatable bonds is 7. The van der Waals surface area contributed by atoms with E-state index in [1.165, 1.54) is 6.08 Å². The van der Waals surface area contributed by atoms with Gasteiger partial charge in [-0.3, -0.25) is 4.79 Å². The van der Waals surface area contributed by atoms with E-state index in [9.17, 15) is 18.4 Å². The lowest BCUT2D eigenvalue weighted by molar-refractivity contribution is -0.146. The zero-order valence-electron chi connectivity index (χ0n) is 14.3. The van der Waals surface area contributed by atoms with Crippen LogP contribution in [0.4, 0.5) is 8.78 Å². The summed E-state index contributed by atoms with van der Waals surface area (Å²) in [6.45, 7) is -0.275. The van der Waals surface area contributed by atoms with Gasteiger partial charge in [0.1, 0.15) is 17.7 Å². The Morgan fingerprint density at radius 3 is 2.44 bits per heavy atom. The molecule has 0 unspecified atom stereocenters. The van der Waals surface area contributed by atoms with Crippen LogP contribution in [-0.2, 0) is 20.7 Å². The first-order chi connectivity index (χ1) is 13.0. The zero-order chi connectivity index (χ0) is 19.6. The first-order valence-electron chi connectivity index (χ1n) is 8.06. The fraction of sp³-hybridized carbons (Fsp3) is 0.143. The molecule has 1 atom stereocenters. The van der Waals surface area contributed by atoms with Crippen molar-refractivity contribution in [3.8, 4) is 12.3 Å². The molecule has 1 N–H and O–H groups in total. The van der Waals surface area contributed by atoms with E-state index in [0.717, 1.165) is 23.8 Å². The summed E-state index contributed by atoms with van der Waals surface area (Å²) >= 11 is 0. The highest BCUT2D eigenvalue weighted by Crippen LogP contribution is 2.11. The van der Waals surface area contributed by atoms with Crippen molar-refractivity contribution in [3.05, 3.63) is 77.4 Å². The van der Waals surface area contributed by atoms with Crippen LogP contribution in [0, 0.1) is 24.0 Å². The summed E-state index contributed by atoms with van der Waals surface area (Å²) in [5.41, 5.74) is 0.994. The predicted molar refractivity (Wildman–Crippen MR) is 97.3 cm³/mol. The van der Waals surface area contributed by atoms with Gasteiger partial charge in [-0.1, -0.05) is 36.3 Å². The lowest BCUT2D eigenvalue weighted by atomic mass is 10.1. The van der Waals surface area contributed by atoms with E-state index >= 15 is 0 Å². The molecule has 0 aliphatic rings. The number of esters is 1. The van der Waals surface area contributed by atoms with Gasteiger partial charge in [-0.05, 0) is 29.3 Å². The van der Waals surface area contributed by atoms with E-state index in [1.807, 2.05) is 18.2 Å². The van der Waals surface area contributed by atoms with E-state index in [1.54, 1.807) is 18.2 Å². The maximum absolute atomic E-state index is 13.4. The number of amides is 1. The molecule has 0 radical (unpaired) electrons. The van der Waals surface area contributed by atoms with Crippen LogP contribution in [0.3, 0.4) is 0 Å². The minimum atomic E-state index is -1.15. The van der Waals surface area contributed by atoms with Crippen LogP contribution in [0.2, 0.25) is 0 Å². The summed E-state index contributed by atoms with van der Waals surface area (Å²) in [7, 11) is 0. The molecule has 0 aliphatic heterocycles. The molecule has 2 rings (SSSR count). The van der Waals surface area contributed by atoms with Gasteiger partial charge in [-0.2, -0.15) is 0 Å². The van der Waals surface area contributed by atoms with Gasteiger partial charge in [-0.15, -0.1) is 6.42 Å². The SMILES string of the molecule is C#CCOC(=O)[C@H](Cc1cc(F)cc(F)c1)NC(=O)/C=C/c1ccccc1. The van der Waals surface area contributed by atoms with Crippen LogP contribution in [0.25, 0.3) is 6.08 Å². The average molecular weight is 369 g/mol. The molecule has 138 valence electrons. The fourth-order valence-corrected chi connectivity index (χ4v) is 2.33. The zero-order valence-corrected chi connectivity index (χ0v) is 14.3. The number of hydrogen-bond acceptors (Lipinski definition) is 3. The lowest BCUT2D eigenvalue weighted by Gasteiger charge is -2.16. The van der Waals surface area contributed by atoms with Crippen molar-refractivity contribution >= 4 is 18.0 Å². The summed E-state index contributed by atoms with van der Waals surface area (Å²) < 4.78 is 31.6. The number of carbonyl (C=O) groups is 2. The molecule has 1 amide bonds. The van der Waals surface area contributed by atoms with E-state index < -0.39 is 29.6 Å². The summed E-state index contributed by atoms with van der Waals surface area (Å²) in [4.78, 5) is 24.3. The Labute approximate surface area is 155 Å². The average Bonchev–Trinajstić information content (AvgIpc) is 2.64. The molecule has 6 heteroatoms. The van der Waals surface area contributed by atoms with Gasteiger partial charge in [0.25, 0.3) is 0 Å². The standard InChI is InChI=1S/C21H17F2NO3/c1-2-10-27-21(26)19(13-16-11-17(22)14-18(23)12-16)24-20(25)9-8-15-6-4-3-5-7-15/h1,3-9,11-12,14,19H,10,13H2,(H,24,25)/b9-8+/t19-/m0/s1. The van der Waals surface area contributed by atoms with Crippen LogP contribution in [0.5, 0.6) is 0 Å². The molecule has 0 bridgehead atoms. The monoisotopic (exact) mass is 369 g/mol. The molecule has 0 heterocycles. The highest BCUT2D eigenvalue weighted by Gasteiger charge is 2.22. The fourth-order valence-electron chi connectivity index (χ4n) is 2.33. The Kier molecular flexibility index (Phi) is 7.26. The molecular formula is C21H17F2NO3. The van der Waals surface area contributed by atoms with Gasteiger partial charge in [0.05, 0.1) is 0 Å². The summed E-state index contributed by atoms with van der Waals surface area (Å²) in [5, 5.41) is 2.47. The highest BCUT2D eigenvalue weighted by molar-refractivity contribution is 5.94. The van der Waals surface area contributed by atoms with Crippen molar-refractivity contribution in [2.45, 2.75) is 12.5 Å². The van der Waals surface area contributed by atoms with Gasteiger partial charge in [0.15, 0.2) is 6.61 Å². The van der Waals surface area contributed by atoms with E-state index in [4.69, 9.17) is 11.2 Å². The summed E-state index contributed by atoms with van der Waals surface area (Å²) in [6, 6.07) is 10.8. The molecule has 0 saturated carbocycles. The van der Waals surface area contributed by atoms with Gasteiger partial charge in [-0.25, -0.2) is 13.6 Å². The van der Waals surface area contributed by atoms with Crippen LogP contribution in [0.1, 0.15) is 11.1 Å². The third kappa shape index (κ3) is 6.75. The molecule has 4 nitrogen and oxygen atoms in total. The Morgan fingerprint density at radius 1 is 1.15 bits per heavy atom. The second kappa shape index (κ2) is 9.88. The number of carbonyl (C=O) groups excluding carboxylic acids is 2. The number of halogens is 2. The van der Waals surface area contributed by atoms with E-state index in [-0.39, 0.29) is 18.6 Å². The minimum absolute atomic E-state index is 0.150. The Balaban J connectivity index is 2.11. The maximum atomic E-state index is 13.4. The first-order valence-corrected chi connectivity index (χ1v) is 8.06. The van der Waals surface area contributed by atoms with E-state index in [2.05, 4.69) is 11.2 Å². The highest BCUT2D eigenvalue weighted by atomic mass is 19.1. The quantitative estimate of drug-likeness (QED) is 0.464. The molecule has 0 saturated heterocycles. The Bertz CT molecular complexity index is 852. The summed E-state index contributed by atoms with van der Waals surface area (Å²) in [6.07, 6.45) is 7.73. The number of hydrogen-bond donors (Lipinski definition) is 1. The van der Waals surface area contributed by atoms with Crippen molar-refractivity contribution in [1.29, 1.82) is 0 Å². The molecule has 2 aromatic rings. The van der Waals surface area contributed by atoms with Crippen molar-refractivity contribution < 1.29 is 23.1 Å². The molecular weight excluding hydrogens is 352 g/mol. The van der Waals surface area contributed by atoms with Crippen molar-refractivity contribution in [1.82, 2.24) is 5.32 Å². The molecule has 0 aromatic heterocycles. The molecule has 0 aliphatic carbocycles. The smallest absolute Gasteiger partial charge is 0.329 e. The summed E-state index contributed by atoms with van der Waals surface area (Å²) in [5.74, 6) is -0.767. The predicted octanol–water partition coefficient (Wildman–Crippen LogP) is 2.88. The van der Waals surface area contributed by atoms with Gasteiger partial charge < -0.3 is 10.1 Å². The third-order valence-corrected chi connectivity index (χ3v) is 3.49. The number of terminal acetylenes is 1. The van der Waals surface area contributed by atoms with Crippen LogP contribution >= 0.6 is 0 Å². The third-order valence-electron chi connectivity index (χ3n) is 3.49. The molecule has 0 fully saturated rings. The number of nitrogens with one attached hydrogen (secondary N) is 1. The van der Waals surface area contributed by atoms with Gasteiger partial charge in [0, 0.05) is 18.6 Å². The number of ether oxygens (including phenoxy) is 1. The second-order valence-corrected chi connectivity index (χ2v) is 5.60. The normalized spacial score (nSPS) is 11.6. The van der Waals surface area contributed by atoms with Crippen molar-refractivity contribution in [2.24, 2.45) is 0 Å². The van der Waals surface area contributed by atoms with Gasteiger partial charge >= 0.3 is 5.97 Å². The minimum Gasteiger partial charge on any atom is -0.451 e. The van der Waals surface area contributed by atoms with Crippen molar-refractivity contribution in [3.63, 3.8) is 0 Å². The Hall–Kier alpha value is -3.46. The lowest BCUT2D eigenvalue weighted by Crippen LogP contribution is -2.42. The van der Waals surface area contributed by atoms with Gasteiger partial charge in [0.2, 0.25) is 5.91 Å². The number of benzene rings is 2. The first kappa shape index (κ1) is 19.9. The van der Waals surface area contributed by atoms with Crippen LogP contribution < -0.4 is 5.32 Å². The molecule has 2 aromatic carbocycles. The van der Waals surface area contributed by atoms with Crippen molar-refractivity contribution in [2.75, 3.05) is 6.61 Å². The van der Waals surface area contributed by atoms with Crippen LogP contribution in [0.15, 0.2) is 54.6 Å². The topological polar surface area (TPSA) is 55.4 Å². The van der Waals surface area contributed by atoms with Crippen LogP contribution in [-0.4, -0.2) is 24.5 Å².